The molecule has 0 aromatic carbocycles. The Morgan fingerprint density at radius 2 is 0.158 bits per heavy atom. The predicted octanol–water partition coefficient (Wildman–Crippen LogP) is 38.3. The van der Waals surface area contributed by atoms with Gasteiger partial charge in [0.25, 0.3) is 0 Å². The van der Waals surface area contributed by atoms with Crippen molar-refractivity contribution in [1.29, 1.82) is 0 Å². The van der Waals surface area contributed by atoms with Gasteiger partial charge < -0.3 is 114 Å². The Hall–Kier alpha value is 20.3. The molecule has 0 heterocycles. The molecule has 18 heteroatoms. The van der Waals surface area contributed by atoms with E-state index in [1.807, 2.05) is 111 Å². The van der Waals surface area contributed by atoms with Gasteiger partial charge in [-0.3, -0.25) is 0 Å². The summed E-state index contributed by atoms with van der Waals surface area (Å²) in [7, 11) is 0. The Bertz CT molecular complexity index is 163. The predicted molar refractivity (Wildman–Crippen MR) is 448 cm³/mol. The fourth-order valence-electron chi connectivity index (χ4n) is 0.707. The molecule has 623 valence electrons. The second-order valence-electron chi connectivity index (χ2n) is 7.71. The van der Waals surface area contributed by atoms with E-state index in [1.165, 1.54) is 38.5 Å². The Morgan fingerprint density at radius 1 is 0.137 bits per heavy atom. The maximum absolute atomic E-state index is 3.49. The molecule has 0 fully saturated rings. The zero-order valence-corrected chi connectivity index (χ0v) is 98.8. The first-order valence-electron chi connectivity index (χ1n) is 19.9. The van der Waals surface area contributed by atoms with Crippen LogP contribution in [0.1, 0.15) is 427 Å². The Labute approximate surface area is 1120 Å². The summed E-state index contributed by atoms with van der Waals surface area (Å²) in [6.07, 6.45) is 18.2. The van der Waals surface area contributed by atoms with Crippen LogP contribution in [0.15, 0.2) is 0 Å². The number of rotatable bonds is 4. The minimum Gasteiger partial charge on any atom is -0.358 e. The van der Waals surface area contributed by atoms with Crippen LogP contribution in [0.4, 0.5) is 0 Å². The van der Waals surface area contributed by atoms with E-state index in [0.717, 1.165) is 64.2 Å². The van der Waals surface area contributed by atoms with Crippen molar-refractivity contribution in [3.63, 3.8) is 0 Å². The minimum absolute atomic E-state index is 0. The molecule has 15 radical (unpaired) electrons. The zero-order chi connectivity index (χ0) is 41.3. The Morgan fingerprint density at radius 3 is 0.158 bits per heavy atom. The van der Waals surface area contributed by atoms with Gasteiger partial charge in [0, 0.05) is 604 Å². The molecular weight excluding hydrogens is 2380 g/mol. The van der Waals surface area contributed by atoms with Crippen LogP contribution < -0.4 is 0 Å². The molecule has 0 aromatic heterocycles. The molecule has 0 aliphatic rings. The van der Waals surface area contributed by atoms with Crippen LogP contribution in [-0.4, -0.2) is 0 Å². The molecule has 0 aromatic rings. The summed E-state index contributed by atoms with van der Waals surface area (Å²) in [4.78, 5) is 0. The number of hydrogen-bond acceptors (Lipinski definition) is 0. The van der Waals surface area contributed by atoms with Crippen molar-refractivity contribution in [2.75, 3.05) is 0 Å². The van der Waals surface area contributed by atoms with E-state index in [1.54, 1.807) is 0 Å². The van der Waals surface area contributed by atoms with Crippen LogP contribution >= 0.6 is 0 Å². The fraction of sp³-hybridized carbons (Fsp3) is 0.792. The topological polar surface area (TPSA) is 0 Å². The van der Waals surface area contributed by atoms with E-state index >= 15 is 0 Å². The second-order valence-corrected chi connectivity index (χ2v) is 7.71. The van der Waals surface area contributed by atoms with E-state index in [2.05, 4.69) is 96.9 Å². The third-order valence-corrected chi connectivity index (χ3v) is 1.41. The summed E-state index contributed by atoms with van der Waals surface area (Å²) in [5.74, 6) is 0. The van der Waals surface area contributed by atoms with Crippen LogP contribution in [0.2, 0.25) is 0 Å². The molecule has 0 bridgehead atoms. The summed E-state index contributed by atoms with van der Waals surface area (Å²) in [5, 5.41) is 0. The van der Waals surface area contributed by atoms with Crippen molar-refractivity contribution in [2.45, 2.75) is 427 Å². The molecule has 0 nitrogen and oxygen atoms in total. The molecule has 0 spiro atoms. The van der Waals surface area contributed by atoms with Gasteiger partial charge in [0.15, 0.2) is 0 Å². The van der Waals surface area contributed by atoms with Gasteiger partial charge in [-0.1, -0.05) is 363 Å². The van der Waals surface area contributed by atoms with Crippen LogP contribution in [0.25, 0.3) is 0 Å². The second kappa shape index (κ2) is 1110. The van der Waals surface area contributed by atoms with Crippen LogP contribution in [0, 0.1) is 227 Å². The maximum atomic E-state index is 3.49. The van der Waals surface area contributed by atoms with Gasteiger partial charge in [0.05, 0.1) is 0 Å². The molecule has 0 amide bonds. The Balaban J connectivity index is -0.00000000169. The average Bonchev–Trinajstić information content (AvgIpc) is 3.02. The summed E-state index contributed by atoms with van der Waals surface area (Å²) < 4.78 is 0. The van der Waals surface area contributed by atoms with Crippen LogP contribution in [-0.2, 0) is 491 Å². The molecule has 95 heavy (non-hydrogen) atoms. The third kappa shape index (κ3) is 2440. The third-order valence-electron chi connectivity index (χ3n) is 1.41. The first kappa shape index (κ1) is 572. The summed E-state index contributed by atoms with van der Waals surface area (Å²) in [6, 6.07) is 0. The quantitative estimate of drug-likeness (QED) is 0.246. The molecule has 0 saturated carbocycles. The van der Waals surface area contributed by atoms with Gasteiger partial charge >= 0.3 is 0 Å². The van der Waals surface area contributed by atoms with Crippen molar-refractivity contribution in [2.24, 2.45) is 0 Å². The van der Waals surface area contributed by atoms with Crippen molar-refractivity contribution < 1.29 is 604 Å². The van der Waals surface area contributed by atoms with Gasteiger partial charge in [-0.25, -0.2) is 0 Å². The fourth-order valence-corrected chi connectivity index (χ4v) is 0.707. The smallest absolute Gasteiger partial charge is 0 e. The molecular formula is C77H230Ar3Y15-16. The van der Waals surface area contributed by atoms with Gasteiger partial charge in [-0.15, -0.1) is 0 Å². The molecule has 0 saturated heterocycles. The van der Waals surface area contributed by atoms with E-state index in [0.29, 0.717) is 0 Å². The van der Waals surface area contributed by atoms with Gasteiger partial charge in [-0.05, 0) is 0 Å². The Kier molecular flexibility index (Phi) is 6700. The van der Waals surface area contributed by atoms with E-state index in [4.69, 9.17) is 0 Å². The van der Waals surface area contributed by atoms with Crippen LogP contribution in [0.5, 0.6) is 0 Å². The van der Waals surface area contributed by atoms with Crippen molar-refractivity contribution >= 4 is 0 Å². The zero-order valence-electron chi connectivity index (χ0n) is 54.1. The molecule has 0 unspecified atom stereocenters. The van der Waals surface area contributed by atoms with E-state index in [9.17, 15) is 0 Å². The standard InChI is InChI=1S/2C5H12.10C3H7.3C2H6.25CH4.6CH3.3Ar.15Y/c2*1-3-5-4-2;10*1-3-2;3*1-2;;;;;;;;;;;;;;;;;;;;;;;;;;;;;;;;;;;;;;;;;;;;;;;;;/h2*3-5H2,1-2H3;10*1,3H2,2H3;3*1-2H3;25*1H4;6*1H3;;;;;;;;;;;;;;;;;;/q;;10*-1;;;;;;;;;;;;;;;;;;;;;;;;;;;;;6*-1;;;;;;;;;;;;;;;;;;. The number of hydrogen-bond donors (Lipinski definition) is 0. The first-order chi connectivity index (χ1) is 22.0. The minimum atomic E-state index is 0. The average molecular weight is 2610 g/mol. The first-order valence-corrected chi connectivity index (χ1v) is 19.9. The van der Waals surface area contributed by atoms with E-state index in [-0.39, 0.29) is 834 Å². The summed E-state index contributed by atoms with van der Waals surface area (Å²) in [6.45, 7) is 75.8. The summed E-state index contributed by atoms with van der Waals surface area (Å²) >= 11 is 0. The van der Waals surface area contributed by atoms with Gasteiger partial charge in [0.1, 0.15) is 0 Å². The largest absolute Gasteiger partial charge is 0.358 e. The maximum Gasteiger partial charge on any atom is 0 e. The van der Waals surface area contributed by atoms with Crippen molar-refractivity contribution in [3.8, 4) is 0 Å². The molecule has 0 rings (SSSR count). The van der Waals surface area contributed by atoms with Crippen LogP contribution in [0.3, 0.4) is 0 Å². The van der Waals surface area contributed by atoms with Gasteiger partial charge in [0.2, 0.25) is 0 Å². The molecule has 0 aliphatic carbocycles. The normalized spacial score (nSPS) is 2.97. The number of unbranched alkanes of at least 4 members (excludes halogenated alkanes) is 4. The monoisotopic (exact) mass is 2610 g/mol. The summed E-state index contributed by atoms with van der Waals surface area (Å²) in [5.41, 5.74) is 0. The van der Waals surface area contributed by atoms with Gasteiger partial charge in [-0.2, -0.15) is 64.2 Å². The molecule has 0 aliphatic heterocycles. The van der Waals surface area contributed by atoms with E-state index < -0.39 is 0 Å². The van der Waals surface area contributed by atoms with Crippen molar-refractivity contribution in [3.05, 3.63) is 114 Å². The molecule has 0 atom stereocenters. The SMILES string of the molecule is C.C.C.C.C.C.C.C.C.C.C.C.C.C.C.C.C.C.C.C.C.C.C.C.C.CC.CC.CC.CCCCC.CCCCC.[Ar].[Ar].[Ar].[CH2-]CC.[CH2-]CC.[CH2-]CC.[CH2-]CC.[CH2-]CC.[CH2-]CC.[CH2-]CC.[CH2-]CC.[CH2-]CC.[CH2-]CC.[CH3-].[CH3-].[CH3-].[CH3-].[CH3-].[CH3-].[Y].[Y].[Y].[Y].[Y].[Y].[Y].[Y].[Y].[Y].[Y].[Y].[Y].[Y].[Y]. The van der Waals surface area contributed by atoms with Crippen molar-refractivity contribution in [1.82, 2.24) is 0 Å². The molecule has 0 N–H and O–H groups in total.